The van der Waals surface area contributed by atoms with Crippen molar-refractivity contribution in [2.24, 2.45) is 0 Å². The van der Waals surface area contributed by atoms with Gasteiger partial charge in [0.25, 0.3) is 0 Å². The second-order valence-corrected chi connectivity index (χ2v) is 3.94. The van der Waals surface area contributed by atoms with Gasteiger partial charge in [-0.3, -0.25) is 4.79 Å². The predicted molar refractivity (Wildman–Crippen MR) is 63.8 cm³/mol. The molecule has 1 aromatic heterocycles. The SMILES string of the molecule is Cc1cc(=O)c(CC#N)nn1-c1cc(F)ccc1F. The highest BCUT2D eigenvalue weighted by atomic mass is 19.1. The molecule has 6 heteroatoms. The number of nitrogens with zero attached hydrogens (tertiary/aromatic N) is 3. The van der Waals surface area contributed by atoms with Crippen LogP contribution >= 0.6 is 0 Å². The summed E-state index contributed by atoms with van der Waals surface area (Å²) in [5, 5.41) is 12.5. The van der Waals surface area contributed by atoms with Crippen LogP contribution in [0.25, 0.3) is 5.69 Å². The minimum Gasteiger partial charge on any atom is -0.288 e. The number of aromatic nitrogens is 2. The second kappa shape index (κ2) is 4.98. The molecule has 2 rings (SSSR count). The molecule has 0 saturated heterocycles. The molecule has 0 amide bonds. The molecule has 0 aliphatic rings. The third-order valence-corrected chi connectivity index (χ3v) is 2.56. The van der Waals surface area contributed by atoms with E-state index in [1.807, 2.05) is 0 Å². The maximum absolute atomic E-state index is 13.7. The summed E-state index contributed by atoms with van der Waals surface area (Å²) in [6.45, 7) is 1.55. The monoisotopic (exact) mass is 261 g/mol. The Kier molecular flexibility index (Phi) is 3.38. The maximum atomic E-state index is 13.7. The molecule has 0 fully saturated rings. The van der Waals surface area contributed by atoms with Gasteiger partial charge in [0.15, 0.2) is 0 Å². The predicted octanol–water partition coefficient (Wildman–Crippen LogP) is 1.89. The summed E-state index contributed by atoms with van der Waals surface area (Å²) < 4.78 is 28.0. The van der Waals surface area contributed by atoms with Crippen LogP contribution in [0.2, 0.25) is 0 Å². The summed E-state index contributed by atoms with van der Waals surface area (Å²) in [5.41, 5.74) is -0.142. The van der Waals surface area contributed by atoms with Gasteiger partial charge in [-0.1, -0.05) is 0 Å². The number of nitriles is 1. The molecule has 4 nitrogen and oxygen atoms in total. The highest BCUT2D eigenvalue weighted by molar-refractivity contribution is 5.35. The van der Waals surface area contributed by atoms with E-state index < -0.39 is 17.1 Å². The average molecular weight is 261 g/mol. The Labute approximate surface area is 107 Å². The van der Waals surface area contributed by atoms with Crippen molar-refractivity contribution in [2.45, 2.75) is 13.3 Å². The van der Waals surface area contributed by atoms with Gasteiger partial charge in [-0.15, -0.1) is 0 Å². The van der Waals surface area contributed by atoms with Crippen molar-refractivity contribution in [3.63, 3.8) is 0 Å². The molecule has 0 atom stereocenters. The maximum Gasteiger partial charge on any atom is 0.204 e. The van der Waals surface area contributed by atoms with Crippen molar-refractivity contribution in [1.29, 1.82) is 5.26 Å². The molecule has 96 valence electrons. The van der Waals surface area contributed by atoms with Crippen molar-refractivity contribution in [1.82, 2.24) is 9.78 Å². The number of hydrogen-bond donors (Lipinski definition) is 0. The first-order valence-electron chi connectivity index (χ1n) is 5.45. The third-order valence-electron chi connectivity index (χ3n) is 2.56. The summed E-state index contributed by atoms with van der Waals surface area (Å²) >= 11 is 0. The van der Waals surface area contributed by atoms with Crippen molar-refractivity contribution < 1.29 is 8.78 Å². The largest absolute Gasteiger partial charge is 0.288 e. The molecule has 1 aromatic carbocycles. The van der Waals surface area contributed by atoms with E-state index in [1.54, 1.807) is 13.0 Å². The lowest BCUT2D eigenvalue weighted by atomic mass is 10.2. The van der Waals surface area contributed by atoms with Crippen LogP contribution in [0.5, 0.6) is 0 Å². The van der Waals surface area contributed by atoms with Crippen LogP contribution < -0.4 is 5.43 Å². The molecular weight excluding hydrogens is 252 g/mol. The first kappa shape index (κ1) is 12.9. The number of rotatable bonds is 2. The third kappa shape index (κ3) is 2.50. The Hall–Kier alpha value is -2.55. The smallest absolute Gasteiger partial charge is 0.204 e. The first-order valence-corrected chi connectivity index (χ1v) is 5.45. The van der Waals surface area contributed by atoms with Crippen LogP contribution in [-0.2, 0) is 6.42 Å². The quantitative estimate of drug-likeness (QED) is 0.829. The van der Waals surface area contributed by atoms with Crippen LogP contribution in [0.1, 0.15) is 11.4 Å². The molecule has 0 aliphatic carbocycles. The minimum absolute atomic E-state index is 0.00300. The Bertz CT molecular complexity index is 732. The first-order chi connectivity index (χ1) is 9.02. The number of hydrogen-bond acceptors (Lipinski definition) is 3. The summed E-state index contributed by atoms with van der Waals surface area (Å²) in [7, 11) is 0. The van der Waals surface area contributed by atoms with Gasteiger partial charge in [-0.05, 0) is 19.1 Å². The van der Waals surface area contributed by atoms with Crippen LogP contribution in [0.3, 0.4) is 0 Å². The standard InChI is InChI=1S/C13H9F2N3O/c1-8-6-13(19)11(4-5-16)17-18(8)12-7-9(14)2-3-10(12)15/h2-3,6-7H,4H2,1H3. The van der Waals surface area contributed by atoms with Crippen molar-refractivity contribution in [3.8, 4) is 11.8 Å². The van der Waals surface area contributed by atoms with E-state index in [2.05, 4.69) is 5.10 Å². The van der Waals surface area contributed by atoms with Gasteiger partial charge in [0.2, 0.25) is 5.43 Å². The van der Waals surface area contributed by atoms with Crippen LogP contribution in [0.15, 0.2) is 29.1 Å². The summed E-state index contributed by atoms with van der Waals surface area (Å²) in [5.74, 6) is -1.28. The molecule has 0 spiro atoms. The van der Waals surface area contributed by atoms with E-state index in [4.69, 9.17) is 5.26 Å². The minimum atomic E-state index is -0.663. The van der Waals surface area contributed by atoms with E-state index >= 15 is 0 Å². The Morgan fingerprint density at radius 1 is 1.37 bits per heavy atom. The lowest BCUT2D eigenvalue weighted by Crippen LogP contribution is -2.19. The zero-order chi connectivity index (χ0) is 14.0. The summed E-state index contributed by atoms with van der Waals surface area (Å²) in [4.78, 5) is 11.6. The molecule has 0 aliphatic heterocycles. The summed E-state index contributed by atoms with van der Waals surface area (Å²) in [6.07, 6.45) is -0.184. The molecule has 0 N–H and O–H groups in total. The lowest BCUT2D eigenvalue weighted by molar-refractivity contribution is 0.581. The molecule has 0 radical (unpaired) electrons. The van der Waals surface area contributed by atoms with E-state index in [1.165, 1.54) is 6.07 Å². The van der Waals surface area contributed by atoms with E-state index in [9.17, 15) is 13.6 Å². The van der Waals surface area contributed by atoms with Gasteiger partial charge < -0.3 is 0 Å². The lowest BCUT2D eigenvalue weighted by Gasteiger charge is -2.11. The fourth-order valence-electron chi connectivity index (χ4n) is 1.67. The molecular formula is C13H9F2N3O. The number of halogens is 2. The highest BCUT2D eigenvalue weighted by Gasteiger charge is 2.11. The van der Waals surface area contributed by atoms with Crippen molar-refractivity contribution in [3.05, 3.63) is 57.5 Å². The average Bonchev–Trinajstić information content (AvgIpc) is 2.36. The molecule has 0 bridgehead atoms. The number of benzene rings is 1. The fourth-order valence-corrected chi connectivity index (χ4v) is 1.67. The molecule has 0 unspecified atom stereocenters. The van der Waals surface area contributed by atoms with E-state index in [0.717, 1.165) is 22.9 Å². The zero-order valence-corrected chi connectivity index (χ0v) is 10.0. The highest BCUT2D eigenvalue weighted by Crippen LogP contribution is 2.15. The van der Waals surface area contributed by atoms with Crippen molar-refractivity contribution >= 4 is 0 Å². The van der Waals surface area contributed by atoms with Crippen LogP contribution in [0.4, 0.5) is 8.78 Å². The van der Waals surface area contributed by atoms with Crippen LogP contribution in [0, 0.1) is 29.9 Å². The topological polar surface area (TPSA) is 58.7 Å². The van der Waals surface area contributed by atoms with Crippen LogP contribution in [-0.4, -0.2) is 9.78 Å². The van der Waals surface area contributed by atoms with Crippen molar-refractivity contribution in [2.75, 3.05) is 0 Å². The van der Waals surface area contributed by atoms with Gasteiger partial charge in [-0.2, -0.15) is 10.4 Å². The summed E-state index contributed by atoms with van der Waals surface area (Å²) in [6, 6.07) is 6.00. The molecule has 19 heavy (non-hydrogen) atoms. The van der Waals surface area contributed by atoms with E-state index in [-0.39, 0.29) is 17.8 Å². The molecule has 0 saturated carbocycles. The molecule has 2 aromatic rings. The number of aryl methyl sites for hydroxylation is 1. The zero-order valence-electron chi connectivity index (χ0n) is 10.0. The fraction of sp³-hybridized carbons (Fsp3) is 0.154. The van der Waals surface area contributed by atoms with E-state index in [0.29, 0.717) is 5.69 Å². The Morgan fingerprint density at radius 3 is 2.79 bits per heavy atom. The Morgan fingerprint density at radius 2 is 2.11 bits per heavy atom. The van der Waals surface area contributed by atoms with Gasteiger partial charge in [0.05, 0.1) is 12.5 Å². The van der Waals surface area contributed by atoms with Gasteiger partial charge >= 0.3 is 0 Å². The normalized spacial score (nSPS) is 10.2. The van der Waals surface area contributed by atoms with Gasteiger partial charge in [-0.25, -0.2) is 13.5 Å². The van der Waals surface area contributed by atoms with Gasteiger partial charge in [0.1, 0.15) is 23.0 Å². The molecule has 1 heterocycles. The second-order valence-electron chi connectivity index (χ2n) is 3.94. The van der Waals surface area contributed by atoms with Gasteiger partial charge in [0, 0.05) is 17.8 Å². The Balaban J connectivity index is 2.68.